The molecule has 0 amide bonds. The third kappa shape index (κ3) is 6.82. The van der Waals surface area contributed by atoms with Gasteiger partial charge in [-0.05, 0) is 143 Å². The number of halogens is 1. The third-order valence-corrected chi connectivity index (χ3v) is 17.4. The molecule has 324 valence electrons. The van der Waals surface area contributed by atoms with Crippen molar-refractivity contribution in [2.75, 3.05) is 20.6 Å². The van der Waals surface area contributed by atoms with E-state index in [1.165, 1.54) is 5.57 Å². The van der Waals surface area contributed by atoms with Crippen molar-refractivity contribution in [3.8, 4) is 11.5 Å². The van der Waals surface area contributed by atoms with Gasteiger partial charge in [-0.25, -0.2) is 0 Å². The molecule has 12 heteroatoms. The molecule has 0 bridgehead atoms. The number of aliphatic carboxylic acids is 1. The number of ketones is 1. The molecular formula is C47H68ClN5O6. The highest BCUT2D eigenvalue weighted by atomic mass is 35.5. The molecule has 5 aliphatic carbocycles. The fourth-order valence-corrected chi connectivity index (χ4v) is 13.9. The van der Waals surface area contributed by atoms with Crippen LogP contribution in [0, 0.1) is 56.2 Å². The normalized spacial score (nSPS) is 34.6. The third-order valence-electron chi connectivity index (χ3n) is 17.1. The molecule has 4 saturated carbocycles. The fourth-order valence-electron chi connectivity index (χ4n) is 13.8. The maximum atomic E-state index is 14.4. The van der Waals surface area contributed by atoms with E-state index in [2.05, 4.69) is 63.4 Å². The molecule has 59 heavy (non-hydrogen) atoms. The lowest BCUT2D eigenvalue weighted by Gasteiger charge is -2.72. The Morgan fingerprint density at radius 3 is 2.32 bits per heavy atom. The Morgan fingerprint density at radius 1 is 0.983 bits per heavy atom. The predicted octanol–water partition coefficient (Wildman–Crippen LogP) is 8.98. The van der Waals surface area contributed by atoms with Crippen molar-refractivity contribution in [3.63, 3.8) is 0 Å². The number of aliphatic hydroxyl groups is 1. The lowest BCUT2D eigenvalue weighted by Crippen LogP contribution is -2.66. The Kier molecular flexibility index (Phi) is 11.2. The summed E-state index contributed by atoms with van der Waals surface area (Å²) in [5.41, 5.74) is 0.347. The van der Waals surface area contributed by atoms with Gasteiger partial charge in [-0.1, -0.05) is 60.1 Å². The van der Waals surface area contributed by atoms with E-state index in [1.54, 1.807) is 26.1 Å². The largest absolute Gasteiger partial charge is 0.481 e. The number of rotatable bonds is 11. The van der Waals surface area contributed by atoms with Crippen LogP contribution >= 0.6 is 11.6 Å². The van der Waals surface area contributed by atoms with Crippen molar-refractivity contribution in [2.24, 2.45) is 56.2 Å². The lowest BCUT2D eigenvalue weighted by molar-refractivity contribution is -0.235. The van der Waals surface area contributed by atoms with Crippen LogP contribution in [-0.2, 0) is 25.7 Å². The van der Waals surface area contributed by atoms with Gasteiger partial charge < -0.3 is 24.4 Å². The maximum absolute atomic E-state index is 14.4. The molecule has 0 aliphatic heterocycles. The van der Waals surface area contributed by atoms with E-state index in [9.17, 15) is 24.6 Å². The first-order valence-electron chi connectivity index (χ1n) is 22.0. The number of carbonyl (C=O) groups excluding carboxylic acids is 2. The highest BCUT2D eigenvalue weighted by Gasteiger charge is 2.71. The van der Waals surface area contributed by atoms with Crippen molar-refractivity contribution < 1.29 is 29.3 Å². The first-order valence-corrected chi connectivity index (χ1v) is 22.4. The van der Waals surface area contributed by atoms with Crippen molar-refractivity contribution in [2.45, 2.75) is 145 Å². The van der Waals surface area contributed by atoms with Crippen LogP contribution in [0.2, 0.25) is 5.02 Å². The van der Waals surface area contributed by atoms with Crippen LogP contribution in [0.25, 0.3) is 11.5 Å². The summed E-state index contributed by atoms with van der Waals surface area (Å²) in [6.07, 6.45) is 7.70. The highest BCUT2D eigenvalue weighted by Crippen LogP contribution is 2.77. The molecular weight excluding hydrogens is 766 g/mol. The van der Waals surface area contributed by atoms with Gasteiger partial charge in [-0.15, -0.1) is 10.2 Å². The first-order chi connectivity index (χ1) is 27.4. The van der Waals surface area contributed by atoms with Gasteiger partial charge in [0.15, 0.2) is 17.4 Å². The number of aromatic nitrogens is 4. The molecule has 2 N–H and O–H groups in total. The van der Waals surface area contributed by atoms with E-state index in [4.69, 9.17) is 21.4 Å². The summed E-state index contributed by atoms with van der Waals surface area (Å²) in [5.74, 6) is 0.683. The molecule has 2 aromatic rings. The van der Waals surface area contributed by atoms with Gasteiger partial charge in [0.25, 0.3) is 0 Å². The molecule has 0 radical (unpaired) electrons. The number of hydrogen-bond donors (Lipinski definition) is 2. The molecule has 7 rings (SSSR count). The molecule has 0 aromatic carbocycles. The van der Waals surface area contributed by atoms with E-state index < -0.39 is 28.9 Å². The van der Waals surface area contributed by atoms with E-state index in [-0.39, 0.29) is 58.2 Å². The van der Waals surface area contributed by atoms with E-state index in [0.717, 1.165) is 50.5 Å². The zero-order valence-electron chi connectivity index (χ0n) is 37.3. The Labute approximate surface area is 356 Å². The molecule has 0 saturated heterocycles. The van der Waals surface area contributed by atoms with Gasteiger partial charge in [-0.2, -0.15) is 0 Å². The average Bonchev–Trinajstić information content (AvgIpc) is 3.70. The summed E-state index contributed by atoms with van der Waals surface area (Å²) in [6.45, 7) is 20.7. The molecule has 4 fully saturated rings. The molecule has 2 aromatic heterocycles. The minimum absolute atomic E-state index is 0.0114. The Morgan fingerprint density at radius 2 is 1.69 bits per heavy atom. The fraction of sp³-hybridized carbons (Fsp3) is 0.745. The van der Waals surface area contributed by atoms with Crippen molar-refractivity contribution >= 4 is 29.3 Å². The summed E-state index contributed by atoms with van der Waals surface area (Å²) in [5, 5.41) is 32.5. The molecule has 2 heterocycles. The maximum Gasteiger partial charge on any atom is 0.309 e. The molecule has 5 aliphatic rings. The number of ether oxygens (including phenoxy) is 1. The Bertz CT molecular complexity index is 2020. The van der Waals surface area contributed by atoms with Crippen molar-refractivity contribution in [3.05, 3.63) is 40.3 Å². The predicted molar refractivity (Wildman–Crippen MR) is 227 cm³/mol. The molecule has 0 unspecified atom stereocenters. The van der Waals surface area contributed by atoms with Crippen molar-refractivity contribution in [1.82, 2.24) is 24.6 Å². The monoisotopic (exact) mass is 833 g/mol. The van der Waals surface area contributed by atoms with Crippen LogP contribution in [0.3, 0.4) is 0 Å². The van der Waals surface area contributed by atoms with E-state index in [1.807, 2.05) is 24.7 Å². The SMILES string of the molecule is CC(C)C1=C2[C@H]3CC[C@@H]4[C@@]5(C)CC[C@H](OC(=O)CC(C)(C)C(=O)O)C(C)(C)[C@@H]5CC[C@@]4(C)[C@]3(C)CC[C@@]2([C@H](O)c2nnc(-c3ccc(Cl)cn3)n2CCN(C)C)CC1=O. The zero-order chi connectivity index (χ0) is 43.2. The summed E-state index contributed by atoms with van der Waals surface area (Å²) in [6, 6.07) is 3.62. The highest BCUT2D eigenvalue weighted by molar-refractivity contribution is 6.30. The topological polar surface area (TPSA) is 148 Å². The smallest absolute Gasteiger partial charge is 0.309 e. The molecule has 9 atom stereocenters. The number of carbonyl (C=O) groups is 3. The van der Waals surface area contributed by atoms with E-state index in [0.29, 0.717) is 53.7 Å². The second-order valence-corrected chi connectivity index (χ2v) is 22.1. The number of esters is 1. The van der Waals surface area contributed by atoms with Gasteiger partial charge in [0.05, 0.1) is 16.9 Å². The minimum Gasteiger partial charge on any atom is -0.481 e. The summed E-state index contributed by atoms with van der Waals surface area (Å²) < 4.78 is 8.20. The van der Waals surface area contributed by atoms with Crippen LogP contribution in [-0.4, -0.2) is 79.3 Å². The number of fused-ring (bicyclic) bond motifs is 7. The van der Waals surface area contributed by atoms with Crippen LogP contribution in [0.1, 0.15) is 138 Å². The standard InChI is InChI=1S/C47H68ClN5O6/c1-27(2)36-31(54)24-47(38(56)40-51-50-39(53(40)23-22-52(10)11)30-14-12-28(48)26-49-30)21-20-45(8)29(37(36)47)13-15-33-44(7)18-17-34(59-35(55)25-42(3,4)41(57)58)43(5,6)32(44)16-19-46(33,45)9/h12,14,26-27,29,32-34,38,56H,13,15-25H2,1-11H3,(H,57,58)/t29-,32+,33-,34+,38-,44+,45-,46-,47-/m1/s1. The number of Topliss-reactive ketones (excluding diaryl/α,β-unsaturated/α-hetero) is 1. The Hall–Kier alpha value is -3.15. The zero-order valence-corrected chi connectivity index (χ0v) is 38.1. The number of pyridine rings is 1. The van der Waals surface area contributed by atoms with Gasteiger partial charge in [-0.3, -0.25) is 19.4 Å². The van der Waals surface area contributed by atoms with E-state index >= 15 is 0 Å². The van der Waals surface area contributed by atoms with Crippen LogP contribution in [0.5, 0.6) is 0 Å². The van der Waals surface area contributed by atoms with Gasteiger partial charge >= 0.3 is 11.9 Å². The number of carboxylic acid groups (broad SMARTS) is 1. The number of likely N-dealkylation sites (N-methyl/N-ethyl adjacent to an activating group) is 1. The quantitative estimate of drug-likeness (QED) is 0.210. The van der Waals surface area contributed by atoms with Crippen LogP contribution in [0.15, 0.2) is 29.5 Å². The molecule has 0 spiro atoms. The lowest BCUT2D eigenvalue weighted by atomic mass is 9.33. The van der Waals surface area contributed by atoms with Crippen LogP contribution in [0.4, 0.5) is 0 Å². The second-order valence-electron chi connectivity index (χ2n) is 21.7. The summed E-state index contributed by atoms with van der Waals surface area (Å²) in [4.78, 5) is 46.1. The summed E-state index contributed by atoms with van der Waals surface area (Å²) in [7, 11) is 4.04. The summed E-state index contributed by atoms with van der Waals surface area (Å²) >= 11 is 6.21. The number of nitrogens with zero attached hydrogens (tertiary/aromatic N) is 5. The number of aliphatic hydroxyl groups excluding tert-OH is 1. The van der Waals surface area contributed by atoms with Gasteiger partial charge in [0.1, 0.15) is 17.9 Å². The minimum atomic E-state index is -1.19. The average molecular weight is 835 g/mol. The molecule has 11 nitrogen and oxygen atoms in total. The second kappa shape index (κ2) is 15.0. The van der Waals surface area contributed by atoms with Crippen LogP contribution < -0.4 is 0 Å². The Balaban J connectivity index is 1.23. The van der Waals surface area contributed by atoms with Crippen molar-refractivity contribution in [1.29, 1.82) is 0 Å². The number of allylic oxidation sites excluding steroid dienone is 1. The number of hydrogen-bond acceptors (Lipinski definition) is 9. The van der Waals surface area contributed by atoms with Gasteiger partial charge in [0.2, 0.25) is 0 Å². The van der Waals surface area contributed by atoms with Gasteiger partial charge in [0, 0.05) is 36.5 Å². The number of carboxylic acids is 1. The first kappa shape index (κ1) is 43.9.